The van der Waals surface area contributed by atoms with Crippen molar-refractivity contribution in [3.63, 3.8) is 0 Å². The Bertz CT molecular complexity index is 604. The maximum atomic E-state index is 11.2. The van der Waals surface area contributed by atoms with Crippen molar-refractivity contribution in [2.24, 2.45) is 0 Å². The Morgan fingerprint density at radius 1 is 1.28 bits per heavy atom. The molecule has 0 bridgehead atoms. The molecule has 0 amide bonds. The van der Waals surface area contributed by atoms with Gasteiger partial charge in [-0.1, -0.05) is 57.2 Å². The summed E-state index contributed by atoms with van der Waals surface area (Å²) < 4.78 is 17.2. The molecule has 0 aliphatic carbocycles. The molecule has 1 aromatic rings. The number of epoxide rings is 1. The number of hydrogen-bond acceptors (Lipinski definition) is 4. The summed E-state index contributed by atoms with van der Waals surface area (Å²) in [5.41, 5.74) is 1.15. The average Bonchev–Trinajstić information content (AvgIpc) is 3.31. The zero-order valence-corrected chi connectivity index (χ0v) is 17.1. The van der Waals surface area contributed by atoms with Crippen molar-refractivity contribution < 1.29 is 18.7 Å². The Kier molecular flexibility index (Phi) is 6.24. The van der Waals surface area contributed by atoms with Crippen LogP contribution in [0.15, 0.2) is 42.5 Å². The SMILES string of the molecule is COC(=O)/C=C\C[C@@H]1O[C@H]1[C@H](O[Si](C)(C)C(C)(C)C)c1ccccc1. The second-order valence-electron chi connectivity index (χ2n) is 8.01. The molecule has 0 radical (unpaired) electrons. The average molecular weight is 363 g/mol. The first kappa shape index (κ1) is 19.9. The van der Waals surface area contributed by atoms with Crippen LogP contribution < -0.4 is 0 Å². The number of carbonyl (C=O) groups is 1. The highest BCUT2D eigenvalue weighted by atomic mass is 28.4. The smallest absolute Gasteiger partial charge is 0.330 e. The van der Waals surface area contributed by atoms with Gasteiger partial charge in [0, 0.05) is 6.08 Å². The van der Waals surface area contributed by atoms with E-state index in [-0.39, 0.29) is 29.3 Å². The fourth-order valence-corrected chi connectivity index (χ4v) is 3.70. The fourth-order valence-electron chi connectivity index (χ4n) is 2.44. The molecule has 0 spiro atoms. The summed E-state index contributed by atoms with van der Waals surface area (Å²) in [6, 6.07) is 10.3. The minimum absolute atomic E-state index is 0.0267. The first-order valence-electron chi connectivity index (χ1n) is 8.78. The fraction of sp³-hybridized carbons (Fsp3) is 0.550. The van der Waals surface area contributed by atoms with E-state index in [1.165, 1.54) is 13.2 Å². The first-order chi connectivity index (χ1) is 11.7. The van der Waals surface area contributed by atoms with Crippen LogP contribution in [0.1, 0.15) is 38.9 Å². The Balaban J connectivity index is 2.10. The van der Waals surface area contributed by atoms with Crippen LogP contribution in [0.3, 0.4) is 0 Å². The van der Waals surface area contributed by atoms with E-state index >= 15 is 0 Å². The van der Waals surface area contributed by atoms with Crippen molar-refractivity contribution in [3.05, 3.63) is 48.0 Å². The largest absolute Gasteiger partial charge is 0.466 e. The van der Waals surface area contributed by atoms with Gasteiger partial charge < -0.3 is 13.9 Å². The van der Waals surface area contributed by atoms with E-state index in [2.05, 4.69) is 50.7 Å². The van der Waals surface area contributed by atoms with E-state index in [4.69, 9.17) is 9.16 Å². The predicted octanol–water partition coefficient (Wildman–Crippen LogP) is 4.64. The zero-order chi connectivity index (χ0) is 18.7. The third-order valence-electron chi connectivity index (χ3n) is 5.10. The van der Waals surface area contributed by atoms with Crippen LogP contribution in [0.2, 0.25) is 18.1 Å². The van der Waals surface area contributed by atoms with Crippen molar-refractivity contribution in [3.8, 4) is 0 Å². The molecule has 1 saturated heterocycles. The molecule has 138 valence electrons. The molecule has 1 aliphatic rings. The normalized spacial score (nSPS) is 22.0. The second-order valence-corrected chi connectivity index (χ2v) is 12.8. The molecule has 1 aromatic carbocycles. The standard InChI is InChI=1S/C20H30O4Si/c1-20(2,3)25(5,6)24-18(15-11-8-7-9-12-15)19-16(23-19)13-10-14-17(21)22-4/h7-12,14,16,18-19H,13H2,1-6H3/b14-10-/t16-,18+,19+/m0/s1. The molecule has 3 atom stereocenters. The number of benzene rings is 1. The van der Waals surface area contributed by atoms with E-state index in [1.54, 1.807) is 0 Å². The van der Waals surface area contributed by atoms with Gasteiger partial charge in [0.1, 0.15) is 6.10 Å². The van der Waals surface area contributed by atoms with Gasteiger partial charge in [-0.25, -0.2) is 4.79 Å². The Morgan fingerprint density at radius 2 is 1.92 bits per heavy atom. The molecule has 5 heteroatoms. The Morgan fingerprint density at radius 3 is 2.48 bits per heavy atom. The summed E-state index contributed by atoms with van der Waals surface area (Å²) in [5, 5.41) is 0.134. The zero-order valence-electron chi connectivity index (χ0n) is 16.1. The van der Waals surface area contributed by atoms with Crippen LogP contribution in [0.5, 0.6) is 0 Å². The summed E-state index contributed by atoms with van der Waals surface area (Å²) in [6.45, 7) is 11.2. The number of rotatable bonds is 7. The van der Waals surface area contributed by atoms with E-state index in [0.29, 0.717) is 6.42 Å². The topological polar surface area (TPSA) is 48.1 Å². The highest BCUT2D eigenvalue weighted by molar-refractivity contribution is 6.74. The lowest BCUT2D eigenvalue weighted by Crippen LogP contribution is -2.42. The van der Waals surface area contributed by atoms with Crippen LogP contribution in [-0.2, 0) is 18.7 Å². The van der Waals surface area contributed by atoms with Gasteiger partial charge in [0.15, 0.2) is 8.32 Å². The molecule has 0 unspecified atom stereocenters. The van der Waals surface area contributed by atoms with Crippen molar-refractivity contribution in [1.29, 1.82) is 0 Å². The van der Waals surface area contributed by atoms with E-state index in [1.807, 2.05) is 24.3 Å². The van der Waals surface area contributed by atoms with Crippen molar-refractivity contribution in [2.45, 2.75) is 63.6 Å². The molecule has 4 nitrogen and oxygen atoms in total. The number of ether oxygens (including phenoxy) is 2. The number of carbonyl (C=O) groups excluding carboxylic acids is 1. The van der Waals surface area contributed by atoms with Gasteiger partial charge in [-0.05, 0) is 30.1 Å². The molecular formula is C20H30O4Si. The van der Waals surface area contributed by atoms with Gasteiger partial charge in [-0.3, -0.25) is 0 Å². The lowest BCUT2D eigenvalue weighted by atomic mass is 10.0. The molecular weight excluding hydrogens is 332 g/mol. The number of esters is 1. The molecule has 0 aromatic heterocycles. The summed E-state index contributed by atoms with van der Waals surface area (Å²) >= 11 is 0. The first-order valence-corrected chi connectivity index (χ1v) is 11.7. The maximum absolute atomic E-state index is 11.2. The van der Waals surface area contributed by atoms with Crippen LogP contribution >= 0.6 is 0 Å². The minimum Gasteiger partial charge on any atom is -0.466 e. The molecule has 2 rings (SSSR count). The third-order valence-corrected chi connectivity index (χ3v) is 9.56. The minimum atomic E-state index is -1.93. The maximum Gasteiger partial charge on any atom is 0.330 e. The van der Waals surface area contributed by atoms with E-state index < -0.39 is 8.32 Å². The number of hydrogen-bond donors (Lipinski definition) is 0. The van der Waals surface area contributed by atoms with Gasteiger partial charge in [0.25, 0.3) is 0 Å². The van der Waals surface area contributed by atoms with E-state index in [9.17, 15) is 4.79 Å². The predicted molar refractivity (Wildman–Crippen MR) is 102 cm³/mol. The molecule has 1 fully saturated rings. The molecule has 1 heterocycles. The molecule has 0 saturated carbocycles. The lowest BCUT2D eigenvalue weighted by Gasteiger charge is -2.39. The van der Waals surface area contributed by atoms with Crippen molar-refractivity contribution in [2.75, 3.05) is 7.11 Å². The second kappa shape index (κ2) is 7.85. The van der Waals surface area contributed by atoms with E-state index in [0.717, 1.165) is 5.56 Å². The molecule has 0 N–H and O–H groups in total. The van der Waals surface area contributed by atoms with Crippen LogP contribution in [-0.4, -0.2) is 33.6 Å². The van der Waals surface area contributed by atoms with Gasteiger partial charge in [0.05, 0.1) is 19.3 Å². The summed E-state index contributed by atoms with van der Waals surface area (Å²) in [5.74, 6) is -0.339. The monoisotopic (exact) mass is 362 g/mol. The highest BCUT2D eigenvalue weighted by Crippen LogP contribution is 2.45. The molecule has 25 heavy (non-hydrogen) atoms. The third kappa shape index (κ3) is 5.27. The number of methoxy groups -OCH3 is 1. The summed E-state index contributed by atoms with van der Waals surface area (Å²) in [4.78, 5) is 11.2. The summed E-state index contributed by atoms with van der Waals surface area (Å²) in [6.07, 6.45) is 3.98. The summed E-state index contributed by atoms with van der Waals surface area (Å²) in [7, 11) is -0.554. The Hall–Kier alpha value is -1.43. The van der Waals surface area contributed by atoms with Gasteiger partial charge in [0.2, 0.25) is 0 Å². The Labute approximate surface area is 152 Å². The van der Waals surface area contributed by atoms with Crippen LogP contribution in [0, 0.1) is 0 Å². The van der Waals surface area contributed by atoms with Crippen LogP contribution in [0.25, 0.3) is 0 Å². The van der Waals surface area contributed by atoms with Crippen LogP contribution in [0.4, 0.5) is 0 Å². The van der Waals surface area contributed by atoms with Gasteiger partial charge in [-0.15, -0.1) is 0 Å². The lowest BCUT2D eigenvalue weighted by molar-refractivity contribution is -0.134. The molecule has 1 aliphatic heterocycles. The quantitative estimate of drug-likeness (QED) is 0.307. The van der Waals surface area contributed by atoms with Gasteiger partial charge in [-0.2, -0.15) is 0 Å². The highest BCUT2D eigenvalue weighted by Gasteiger charge is 2.49. The van der Waals surface area contributed by atoms with Crippen molar-refractivity contribution in [1.82, 2.24) is 0 Å². The van der Waals surface area contributed by atoms with Gasteiger partial charge >= 0.3 is 5.97 Å². The van der Waals surface area contributed by atoms with Crippen molar-refractivity contribution >= 4 is 14.3 Å².